The van der Waals surface area contributed by atoms with Crippen LogP contribution in [0.15, 0.2) is 140 Å². The van der Waals surface area contributed by atoms with Crippen molar-refractivity contribution in [1.29, 1.82) is 0 Å². The van der Waals surface area contributed by atoms with Gasteiger partial charge in [0.25, 0.3) is 0 Å². The lowest BCUT2D eigenvalue weighted by molar-refractivity contribution is 1.29. The van der Waals surface area contributed by atoms with Crippen molar-refractivity contribution in [2.45, 2.75) is 13.1 Å². The predicted octanol–water partition coefficient (Wildman–Crippen LogP) is 11.8. The summed E-state index contributed by atoms with van der Waals surface area (Å²) in [7, 11) is -1.94. The first-order valence-electron chi connectivity index (χ1n) is 15.9. The summed E-state index contributed by atoms with van der Waals surface area (Å²) in [6.45, 7) is 5.06. The highest BCUT2D eigenvalue weighted by Gasteiger charge is 2.39. The van der Waals surface area contributed by atoms with Gasteiger partial charge in [-0.25, -0.2) is 0 Å². The van der Waals surface area contributed by atoms with Crippen LogP contribution in [0, 0.1) is 0 Å². The Labute approximate surface area is 276 Å². The lowest BCUT2D eigenvalue weighted by Crippen LogP contribution is -2.49. The zero-order valence-electron chi connectivity index (χ0n) is 25.5. The third-order valence-electron chi connectivity index (χ3n) is 10.0. The highest BCUT2D eigenvalue weighted by atomic mass is 32.1. The van der Waals surface area contributed by atoms with E-state index in [4.69, 9.17) is 0 Å². The highest BCUT2D eigenvalue weighted by Crippen LogP contribution is 2.45. The van der Waals surface area contributed by atoms with Gasteiger partial charge in [-0.2, -0.15) is 0 Å². The molecule has 0 radical (unpaired) electrons. The van der Waals surface area contributed by atoms with Crippen LogP contribution >= 0.6 is 22.7 Å². The molecule has 4 heteroatoms. The van der Waals surface area contributed by atoms with Gasteiger partial charge in [0.2, 0.25) is 0 Å². The average Bonchev–Trinajstić information content (AvgIpc) is 3.73. The van der Waals surface area contributed by atoms with E-state index in [1.54, 1.807) is 5.19 Å². The summed E-state index contributed by atoms with van der Waals surface area (Å²) >= 11 is 3.85. The van der Waals surface area contributed by atoms with Gasteiger partial charge in [0.1, 0.15) is 8.07 Å². The summed E-state index contributed by atoms with van der Waals surface area (Å²) in [4.78, 5) is 2.44. The Hall–Kier alpha value is -4.74. The molecule has 1 aliphatic rings. The summed E-state index contributed by atoms with van der Waals surface area (Å²) in [6.07, 6.45) is 0. The molecule has 0 bridgehead atoms. The molecule has 1 nitrogen and oxygen atoms in total. The molecule has 2 aromatic heterocycles. The first-order valence-corrected chi connectivity index (χ1v) is 20.5. The number of para-hydroxylation sites is 1. The molecular weight excluding hydrogens is 611 g/mol. The molecule has 1 aliphatic heterocycles. The first-order chi connectivity index (χ1) is 22.6. The first kappa shape index (κ1) is 26.5. The molecule has 0 N–H and O–H groups in total. The molecule has 218 valence electrons. The molecule has 0 atom stereocenters. The number of hydrogen-bond acceptors (Lipinski definition) is 3. The van der Waals surface area contributed by atoms with Crippen LogP contribution in [-0.2, 0) is 0 Å². The fourth-order valence-electron chi connectivity index (χ4n) is 7.79. The minimum Gasteiger partial charge on any atom is -0.310 e. The van der Waals surface area contributed by atoms with Gasteiger partial charge in [-0.3, -0.25) is 0 Å². The van der Waals surface area contributed by atoms with Crippen LogP contribution in [0.5, 0.6) is 0 Å². The molecule has 0 saturated carbocycles. The van der Waals surface area contributed by atoms with Crippen molar-refractivity contribution in [3.8, 4) is 11.1 Å². The molecule has 0 aliphatic carbocycles. The standard InChI is InChI=1S/C42H29NS2Si/c1-46(2)38-23-22-34-32-13-7-9-15-37(32)45-42(34)40(38)35-21-18-29(25-39(35)46)43(27-10-4-3-5-11-27)28-17-20-30-26(24-28)16-19-33-31-12-6-8-14-36(31)44-41(30)33/h3-25H,1-2H3. The molecule has 7 aromatic carbocycles. The van der Waals surface area contributed by atoms with Crippen molar-refractivity contribution in [2.24, 2.45) is 0 Å². The maximum absolute atomic E-state index is 2.53. The molecule has 0 fully saturated rings. The van der Waals surface area contributed by atoms with Crippen LogP contribution in [0.1, 0.15) is 0 Å². The van der Waals surface area contributed by atoms with E-state index < -0.39 is 8.07 Å². The van der Waals surface area contributed by atoms with Gasteiger partial charge in [-0.05, 0) is 80.8 Å². The van der Waals surface area contributed by atoms with E-state index in [0.717, 1.165) is 0 Å². The molecule has 0 saturated heterocycles. The summed E-state index contributed by atoms with van der Waals surface area (Å²) in [6, 6.07) is 52.2. The van der Waals surface area contributed by atoms with Gasteiger partial charge >= 0.3 is 0 Å². The molecule has 10 rings (SSSR count). The van der Waals surface area contributed by atoms with E-state index >= 15 is 0 Å². The molecular formula is C42H29NS2Si. The van der Waals surface area contributed by atoms with Gasteiger partial charge in [0, 0.05) is 57.4 Å². The quantitative estimate of drug-likeness (QED) is 0.174. The number of benzene rings is 7. The van der Waals surface area contributed by atoms with Crippen molar-refractivity contribution in [3.05, 3.63) is 140 Å². The van der Waals surface area contributed by atoms with Gasteiger partial charge in [0.05, 0.1) is 0 Å². The van der Waals surface area contributed by atoms with E-state index in [1.807, 2.05) is 22.7 Å². The van der Waals surface area contributed by atoms with Crippen LogP contribution in [0.3, 0.4) is 0 Å². The van der Waals surface area contributed by atoms with Crippen molar-refractivity contribution in [1.82, 2.24) is 0 Å². The monoisotopic (exact) mass is 639 g/mol. The van der Waals surface area contributed by atoms with E-state index in [-0.39, 0.29) is 0 Å². The van der Waals surface area contributed by atoms with Crippen molar-refractivity contribution < 1.29 is 0 Å². The fraction of sp³-hybridized carbons (Fsp3) is 0.0476. The molecule has 0 unspecified atom stereocenters. The Bertz CT molecular complexity index is 2680. The lowest BCUT2D eigenvalue weighted by Gasteiger charge is -2.28. The van der Waals surface area contributed by atoms with Crippen molar-refractivity contribution >= 4 is 109 Å². The Morgan fingerprint density at radius 2 is 1.07 bits per heavy atom. The molecule has 9 aromatic rings. The second-order valence-electron chi connectivity index (χ2n) is 12.9. The summed E-state index contributed by atoms with van der Waals surface area (Å²) in [5.74, 6) is 0. The van der Waals surface area contributed by atoms with E-state index in [2.05, 4.69) is 158 Å². The highest BCUT2D eigenvalue weighted by molar-refractivity contribution is 7.27. The third-order valence-corrected chi connectivity index (χ3v) is 16.0. The summed E-state index contributed by atoms with van der Waals surface area (Å²) < 4.78 is 5.52. The molecule has 0 spiro atoms. The maximum atomic E-state index is 2.53. The number of hydrogen-bond donors (Lipinski definition) is 0. The Balaban J connectivity index is 1.16. The second-order valence-corrected chi connectivity index (χ2v) is 19.4. The Morgan fingerprint density at radius 3 is 1.85 bits per heavy atom. The fourth-order valence-corrected chi connectivity index (χ4v) is 13.4. The summed E-state index contributed by atoms with van der Waals surface area (Å²) in [5.41, 5.74) is 6.47. The van der Waals surface area contributed by atoms with E-state index in [9.17, 15) is 0 Å². The average molecular weight is 640 g/mol. The number of rotatable bonds is 3. The topological polar surface area (TPSA) is 3.24 Å². The number of nitrogens with zero attached hydrogens (tertiary/aromatic N) is 1. The van der Waals surface area contributed by atoms with Crippen LogP contribution in [0.4, 0.5) is 17.1 Å². The summed E-state index contributed by atoms with van der Waals surface area (Å²) in [5, 5.41) is 11.1. The van der Waals surface area contributed by atoms with E-state index in [1.165, 1.54) is 84.5 Å². The van der Waals surface area contributed by atoms with Gasteiger partial charge in [0.15, 0.2) is 0 Å². The Morgan fingerprint density at radius 1 is 0.457 bits per heavy atom. The van der Waals surface area contributed by atoms with Crippen LogP contribution in [0.2, 0.25) is 13.1 Å². The van der Waals surface area contributed by atoms with Crippen LogP contribution in [-0.4, -0.2) is 8.07 Å². The molecule has 3 heterocycles. The Kier molecular flexibility index (Phi) is 5.54. The largest absolute Gasteiger partial charge is 0.310 e. The predicted molar refractivity (Wildman–Crippen MR) is 207 cm³/mol. The van der Waals surface area contributed by atoms with Gasteiger partial charge in [-0.15, -0.1) is 22.7 Å². The lowest BCUT2D eigenvalue weighted by atomic mass is 10.0. The number of thiophene rings is 2. The zero-order chi connectivity index (χ0) is 30.6. The zero-order valence-corrected chi connectivity index (χ0v) is 28.2. The van der Waals surface area contributed by atoms with Gasteiger partial charge < -0.3 is 4.90 Å². The minimum atomic E-state index is -1.94. The molecule has 0 amide bonds. The normalized spacial score (nSPS) is 13.6. The van der Waals surface area contributed by atoms with Crippen LogP contribution in [0.25, 0.3) is 62.2 Å². The smallest absolute Gasteiger partial charge is 0.114 e. The maximum Gasteiger partial charge on any atom is 0.114 e. The van der Waals surface area contributed by atoms with E-state index in [0.29, 0.717) is 0 Å². The molecule has 46 heavy (non-hydrogen) atoms. The number of fused-ring (bicyclic) bond motifs is 12. The SMILES string of the molecule is C[Si]1(C)c2cc(N(c3ccccc3)c3ccc4c(ccc5c6ccccc6sc45)c3)ccc2-c2c1ccc1c2sc2ccccc21. The second kappa shape index (κ2) is 9.63. The third kappa shape index (κ3) is 3.66. The van der Waals surface area contributed by atoms with Crippen molar-refractivity contribution in [2.75, 3.05) is 4.90 Å². The minimum absolute atomic E-state index is 1.17. The van der Waals surface area contributed by atoms with Crippen LogP contribution < -0.4 is 15.3 Å². The van der Waals surface area contributed by atoms with Crippen molar-refractivity contribution in [3.63, 3.8) is 0 Å². The number of anilines is 3. The van der Waals surface area contributed by atoms with Gasteiger partial charge in [-0.1, -0.05) is 104 Å².